The van der Waals surface area contributed by atoms with Crippen molar-refractivity contribution in [2.24, 2.45) is 0 Å². The number of ether oxygens (including phenoxy) is 2. The Labute approximate surface area is 175 Å². The summed E-state index contributed by atoms with van der Waals surface area (Å²) in [5.74, 6) is 0.0244. The van der Waals surface area contributed by atoms with Gasteiger partial charge in [0.1, 0.15) is 12.1 Å². The van der Waals surface area contributed by atoms with Crippen molar-refractivity contribution in [2.75, 3.05) is 11.9 Å². The van der Waals surface area contributed by atoms with Crippen LogP contribution in [0.4, 0.5) is 10.5 Å². The lowest BCUT2D eigenvalue weighted by Gasteiger charge is -2.31. The first-order valence-corrected chi connectivity index (χ1v) is 10.9. The van der Waals surface area contributed by atoms with E-state index < -0.39 is 23.3 Å². The molecule has 8 nitrogen and oxygen atoms in total. The number of carbonyl (C=O) groups is 3. The van der Waals surface area contributed by atoms with Crippen LogP contribution < -0.4 is 20.1 Å². The summed E-state index contributed by atoms with van der Waals surface area (Å²) in [6, 6.07) is 4.79. The van der Waals surface area contributed by atoms with Crippen LogP contribution in [0.1, 0.15) is 64.2 Å². The van der Waals surface area contributed by atoms with Crippen LogP contribution in [0.2, 0.25) is 0 Å². The highest BCUT2D eigenvalue weighted by Crippen LogP contribution is 2.46. The molecule has 4 aliphatic rings. The number of fused-ring (bicyclic) bond motifs is 1. The summed E-state index contributed by atoms with van der Waals surface area (Å²) in [6.07, 6.45) is 9.21. The second-order valence-electron chi connectivity index (χ2n) is 8.85. The third kappa shape index (κ3) is 3.28. The van der Waals surface area contributed by atoms with Gasteiger partial charge in [0.25, 0.3) is 11.7 Å². The number of rotatable bonds is 3. The molecule has 0 atom stereocenters. The van der Waals surface area contributed by atoms with Crippen molar-refractivity contribution >= 4 is 23.5 Å². The Morgan fingerprint density at radius 1 is 0.967 bits per heavy atom. The highest BCUT2D eigenvalue weighted by atomic mass is 16.7. The Hall–Kier alpha value is -2.77. The Kier molecular flexibility index (Phi) is 4.60. The minimum atomic E-state index is -0.817. The van der Waals surface area contributed by atoms with Gasteiger partial charge >= 0.3 is 6.03 Å². The van der Waals surface area contributed by atoms with E-state index in [1.54, 1.807) is 18.2 Å². The van der Waals surface area contributed by atoms with Crippen LogP contribution in [0.5, 0.6) is 11.5 Å². The van der Waals surface area contributed by atoms with Crippen LogP contribution in [0, 0.1) is 0 Å². The van der Waals surface area contributed by atoms with Crippen molar-refractivity contribution in [1.82, 2.24) is 10.2 Å². The number of hydrogen-bond donors (Lipinski definition) is 2. The second-order valence-corrected chi connectivity index (χ2v) is 8.85. The van der Waals surface area contributed by atoms with Crippen molar-refractivity contribution in [2.45, 2.75) is 75.5 Å². The van der Waals surface area contributed by atoms with E-state index in [2.05, 4.69) is 10.6 Å². The first-order chi connectivity index (χ1) is 14.5. The molecule has 160 valence electrons. The monoisotopic (exact) mass is 413 g/mol. The van der Waals surface area contributed by atoms with Crippen molar-refractivity contribution in [3.8, 4) is 11.5 Å². The maximum absolute atomic E-state index is 12.8. The summed E-state index contributed by atoms with van der Waals surface area (Å²) in [6.45, 7) is -0.301. The molecule has 2 saturated carbocycles. The fourth-order valence-electron chi connectivity index (χ4n) is 5.12. The fraction of sp³-hybridized carbons (Fsp3) is 0.591. The average molecular weight is 413 g/mol. The molecule has 8 heteroatoms. The number of benzene rings is 1. The molecule has 2 aliphatic heterocycles. The van der Waals surface area contributed by atoms with E-state index in [1.807, 2.05) is 0 Å². The third-order valence-electron chi connectivity index (χ3n) is 6.69. The number of carbonyl (C=O) groups excluding carboxylic acids is 3. The zero-order valence-electron chi connectivity index (χ0n) is 17.0. The zero-order valence-corrected chi connectivity index (χ0v) is 17.0. The van der Waals surface area contributed by atoms with Gasteiger partial charge in [0.05, 0.1) is 0 Å². The Balaban J connectivity index is 1.23. The lowest BCUT2D eigenvalue weighted by Crippen LogP contribution is -2.48. The molecule has 0 aromatic heterocycles. The van der Waals surface area contributed by atoms with Gasteiger partial charge in [-0.05, 0) is 37.8 Å². The van der Waals surface area contributed by atoms with Crippen LogP contribution in [0.3, 0.4) is 0 Å². The molecule has 1 saturated heterocycles. The minimum Gasteiger partial charge on any atom is -0.448 e. The molecular weight excluding hydrogens is 386 g/mol. The highest BCUT2D eigenvalue weighted by Gasteiger charge is 2.51. The predicted octanol–water partition coefficient (Wildman–Crippen LogP) is 3.31. The summed E-state index contributed by atoms with van der Waals surface area (Å²) in [7, 11) is 0. The minimum absolute atomic E-state index is 0.285. The third-order valence-corrected chi connectivity index (χ3v) is 6.69. The number of nitrogens with one attached hydrogen (secondary N) is 2. The number of imide groups is 1. The lowest BCUT2D eigenvalue weighted by atomic mass is 9.82. The normalized spacial score (nSPS) is 23.7. The first-order valence-electron chi connectivity index (χ1n) is 10.9. The van der Waals surface area contributed by atoms with Crippen LogP contribution in [0.15, 0.2) is 18.2 Å². The number of urea groups is 1. The van der Waals surface area contributed by atoms with E-state index >= 15 is 0 Å². The van der Waals surface area contributed by atoms with Gasteiger partial charge in [0.2, 0.25) is 5.91 Å². The SMILES string of the molecule is O=C(CN1C(=O)NC2(CCCCC2)C1=O)Nc1ccc2c(c1)OC1(CCCCC1)O2. The lowest BCUT2D eigenvalue weighted by molar-refractivity contribution is -0.134. The van der Waals surface area contributed by atoms with Crippen molar-refractivity contribution < 1.29 is 23.9 Å². The summed E-state index contributed by atoms with van der Waals surface area (Å²) in [4.78, 5) is 38.8. The van der Waals surface area contributed by atoms with E-state index in [0.29, 0.717) is 30.0 Å². The summed E-state index contributed by atoms with van der Waals surface area (Å²) < 4.78 is 12.2. The van der Waals surface area contributed by atoms with E-state index in [-0.39, 0.29) is 12.5 Å². The van der Waals surface area contributed by atoms with Gasteiger partial charge in [-0.2, -0.15) is 0 Å². The van der Waals surface area contributed by atoms with E-state index in [9.17, 15) is 14.4 Å². The Morgan fingerprint density at radius 2 is 1.63 bits per heavy atom. The Morgan fingerprint density at radius 3 is 2.37 bits per heavy atom. The van der Waals surface area contributed by atoms with Gasteiger partial charge in [-0.25, -0.2) is 4.79 Å². The molecule has 30 heavy (non-hydrogen) atoms. The highest BCUT2D eigenvalue weighted by molar-refractivity contribution is 6.10. The van der Waals surface area contributed by atoms with Gasteiger partial charge in [0, 0.05) is 24.6 Å². The van der Waals surface area contributed by atoms with Gasteiger partial charge in [-0.15, -0.1) is 0 Å². The second kappa shape index (κ2) is 7.18. The molecule has 0 radical (unpaired) electrons. The predicted molar refractivity (Wildman–Crippen MR) is 108 cm³/mol. The summed E-state index contributed by atoms with van der Waals surface area (Å²) in [5, 5.41) is 5.60. The van der Waals surface area contributed by atoms with Gasteiger partial charge in [0.15, 0.2) is 11.5 Å². The fourth-order valence-corrected chi connectivity index (χ4v) is 5.12. The largest absolute Gasteiger partial charge is 0.448 e. The number of hydrogen-bond acceptors (Lipinski definition) is 5. The maximum atomic E-state index is 12.8. The number of anilines is 1. The van der Waals surface area contributed by atoms with Crippen molar-refractivity contribution in [1.29, 1.82) is 0 Å². The average Bonchev–Trinajstić information content (AvgIpc) is 3.18. The smallest absolute Gasteiger partial charge is 0.325 e. The quantitative estimate of drug-likeness (QED) is 0.741. The van der Waals surface area contributed by atoms with Crippen molar-refractivity contribution in [3.05, 3.63) is 18.2 Å². The van der Waals surface area contributed by atoms with Crippen LogP contribution in [-0.4, -0.2) is 40.6 Å². The summed E-state index contributed by atoms with van der Waals surface area (Å²) in [5.41, 5.74) is -0.266. The first kappa shape index (κ1) is 19.2. The molecular formula is C22H27N3O5. The van der Waals surface area contributed by atoms with Gasteiger partial charge in [-0.3, -0.25) is 14.5 Å². The van der Waals surface area contributed by atoms with E-state index in [4.69, 9.17) is 9.47 Å². The maximum Gasteiger partial charge on any atom is 0.325 e. The van der Waals surface area contributed by atoms with E-state index in [1.165, 1.54) is 6.42 Å². The van der Waals surface area contributed by atoms with Crippen LogP contribution in [-0.2, 0) is 9.59 Å². The molecule has 1 aromatic carbocycles. The molecule has 0 bridgehead atoms. The molecule has 2 heterocycles. The van der Waals surface area contributed by atoms with Crippen LogP contribution in [0.25, 0.3) is 0 Å². The number of nitrogens with zero attached hydrogens (tertiary/aromatic N) is 1. The molecule has 1 aromatic rings. The molecule has 5 rings (SSSR count). The standard InChI is InChI=1S/C22H27N3O5/c26-18(14-25-19(27)21(24-20(25)28)9-3-1-4-10-21)23-15-7-8-16-17(13-15)30-22(29-16)11-5-2-6-12-22/h7-8,13H,1-6,9-12,14H2,(H,23,26)(H,24,28). The molecule has 0 unspecified atom stereocenters. The molecule has 2 aliphatic carbocycles. The Bertz CT molecular complexity index is 887. The van der Waals surface area contributed by atoms with Crippen LogP contribution >= 0.6 is 0 Å². The van der Waals surface area contributed by atoms with Gasteiger partial charge in [-0.1, -0.05) is 25.7 Å². The summed E-state index contributed by atoms with van der Waals surface area (Å²) >= 11 is 0. The molecule has 3 fully saturated rings. The molecule has 2 N–H and O–H groups in total. The topological polar surface area (TPSA) is 97.0 Å². The van der Waals surface area contributed by atoms with Gasteiger partial charge < -0.3 is 20.1 Å². The number of amides is 4. The molecule has 4 amide bonds. The van der Waals surface area contributed by atoms with Crippen molar-refractivity contribution in [3.63, 3.8) is 0 Å². The van der Waals surface area contributed by atoms with E-state index in [0.717, 1.165) is 49.8 Å². The molecule has 2 spiro atoms. The zero-order chi connectivity index (χ0) is 20.8.